The van der Waals surface area contributed by atoms with Gasteiger partial charge in [0.25, 0.3) is 0 Å². The van der Waals surface area contributed by atoms with Gasteiger partial charge in [-0.05, 0) is 37.3 Å². The molecule has 1 fully saturated rings. The number of aliphatic carboxylic acids is 1. The first-order valence-electron chi connectivity index (χ1n) is 8.26. The maximum atomic E-state index is 11.3. The molecule has 1 aliphatic carbocycles. The Morgan fingerprint density at radius 1 is 1.19 bits per heavy atom. The zero-order chi connectivity index (χ0) is 14.9. The Labute approximate surface area is 127 Å². The zero-order valence-electron chi connectivity index (χ0n) is 12.8. The highest BCUT2D eigenvalue weighted by molar-refractivity contribution is 5.73. The van der Waals surface area contributed by atoms with Crippen molar-refractivity contribution >= 4 is 5.97 Å². The van der Waals surface area contributed by atoms with Crippen molar-refractivity contribution < 1.29 is 9.90 Å². The molecule has 0 saturated heterocycles. The third-order valence-electron chi connectivity index (χ3n) is 4.49. The summed E-state index contributed by atoms with van der Waals surface area (Å²) in [6, 6.07) is 9.36. The van der Waals surface area contributed by atoms with Crippen LogP contribution in [0.3, 0.4) is 0 Å². The maximum absolute atomic E-state index is 11.3. The Kier molecular flexibility index (Phi) is 6.74. The average Bonchev–Trinajstić information content (AvgIpc) is 2.52. The van der Waals surface area contributed by atoms with Crippen LogP contribution in [0.1, 0.15) is 50.5 Å². The summed E-state index contributed by atoms with van der Waals surface area (Å²) < 4.78 is 0. The molecule has 0 bridgehead atoms. The summed E-state index contributed by atoms with van der Waals surface area (Å²) in [5.41, 5.74) is 1.07. The van der Waals surface area contributed by atoms with Crippen LogP contribution in [0, 0.1) is 5.92 Å². The Morgan fingerprint density at radius 3 is 2.57 bits per heavy atom. The lowest BCUT2D eigenvalue weighted by Crippen LogP contribution is -2.39. The molecule has 21 heavy (non-hydrogen) atoms. The van der Waals surface area contributed by atoms with Gasteiger partial charge in [-0.2, -0.15) is 0 Å². The largest absolute Gasteiger partial charge is 0.480 e. The van der Waals surface area contributed by atoms with Crippen LogP contribution in [0.2, 0.25) is 0 Å². The second kappa shape index (κ2) is 8.83. The highest BCUT2D eigenvalue weighted by Crippen LogP contribution is 2.26. The van der Waals surface area contributed by atoms with Gasteiger partial charge in [-0.3, -0.25) is 4.79 Å². The topological polar surface area (TPSA) is 49.3 Å². The lowest BCUT2D eigenvalue weighted by Gasteiger charge is -2.22. The predicted octanol–water partition coefficient (Wildman–Crippen LogP) is 3.63. The minimum absolute atomic E-state index is 0.473. The van der Waals surface area contributed by atoms with Crippen molar-refractivity contribution in [1.29, 1.82) is 0 Å². The smallest absolute Gasteiger partial charge is 0.321 e. The van der Waals surface area contributed by atoms with Crippen LogP contribution >= 0.6 is 0 Å². The average molecular weight is 289 g/mol. The van der Waals surface area contributed by atoms with Crippen LogP contribution in [0.4, 0.5) is 0 Å². The summed E-state index contributed by atoms with van der Waals surface area (Å²) in [5.74, 6) is 0.120. The molecular weight excluding hydrogens is 262 g/mol. The first kappa shape index (κ1) is 16.0. The zero-order valence-corrected chi connectivity index (χ0v) is 12.8. The molecule has 0 radical (unpaired) electrons. The number of nitrogens with one attached hydrogen (secondary N) is 1. The number of rotatable bonds is 8. The molecule has 116 valence electrons. The molecule has 1 aromatic carbocycles. The molecule has 0 heterocycles. The van der Waals surface area contributed by atoms with E-state index in [9.17, 15) is 9.90 Å². The van der Waals surface area contributed by atoms with E-state index in [1.54, 1.807) is 0 Å². The lowest BCUT2D eigenvalue weighted by molar-refractivity contribution is -0.139. The number of carbonyl (C=O) groups is 1. The Hall–Kier alpha value is -1.35. The van der Waals surface area contributed by atoms with Gasteiger partial charge >= 0.3 is 5.97 Å². The van der Waals surface area contributed by atoms with Crippen molar-refractivity contribution in [2.45, 2.75) is 57.4 Å². The summed E-state index contributed by atoms with van der Waals surface area (Å²) in [6.45, 7) is 0.806. The molecule has 0 aliphatic heterocycles. The van der Waals surface area contributed by atoms with Crippen molar-refractivity contribution in [1.82, 2.24) is 5.32 Å². The molecule has 3 heteroatoms. The Morgan fingerprint density at radius 2 is 1.90 bits per heavy atom. The lowest BCUT2D eigenvalue weighted by atomic mass is 9.86. The van der Waals surface area contributed by atoms with Gasteiger partial charge < -0.3 is 10.4 Å². The third-order valence-corrected chi connectivity index (χ3v) is 4.49. The molecule has 1 aromatic rings. The van der Waals surface area contributed by atoms with Crippen molar-refractivity contribution in [2.75, 3.05) is 6.54 Å². The second-order valence-corrected chi connectivity index (χ2v) is 6.18. The number of hydrogen-bond acceptors (Lipinski definition) is 2. The third kappa shape index (κ3) is 5.88. The fraction of sp³-hybridized carbons (Fsp3) is 0.611. The molecule has 3 nitrogen and oxygen atoms in total. The van der Waals surface area contributed by atoms with Gasteiger partial charge in [0.15, 0.2) is 0 Å². The van der Waals surface area contributed by atoms with Crippen LogP contribution in [-0.4, -0.2) is 23.7 Å². The monoisotopic (exact) mass is 289 g/mol. The standard InChI is InChI=1S/C18H27NO2/c20-18(21)17(14-16-10-5-2-6-11-16)19-13-7-12-15-8-3-1-4-9-15/h2,5-6,10-11,15,17,19H,1,3-4,7-9,12-14H2,(H,20,21)/t17-/m0/s1. The van der Waals surface area contributed by atoms with E-state index < -0.39 is 12.0 Å². The fourth-order valence-electron chi connectivity index (χ4n) is 3.24. The minimum atomic E-state index is -0.753. The van der Waals surface area contributed by atoms with Gasteiger partial charge in [-0.15, -0.1) is 0 Å². The van der Waals surface area contributed by atoms with Crippen molar-refractivity contribution in [3.63, 3.8) is 0 Å². The molecule has 1 atom stereocenters. The first-order valence-corrected chi connectivity index (χ1v) is 8.26. The van der Waals surface area contributed by atoms with E-state index in [0.717, 1.165) is 24.4 Å². The molecule has 2 N–H and O–H groups in total. The Balaban J connectivity index is 1.69. The van der Waals surface area contributed by atoms with Crippen LogP contribution in [-0.2, 0) is 11.2 Å². The normalized spacial score (nSPS) is 17.5. The molecule has 1 aliphatic rings. The van der Waals surface area contributed by atoms with Crippen LogP contribution < -0.4 is 5.32 Å². The van der Waals surface area contributed by atoms with Crippen molar-refractivity contribution in [3.8, 4) is 0 Å². The highest BCUT2D eigenvalue weighted by atomic mass is 16.4. The van der Waals surface area contributed by atoms with E-state index in [1.165, 1.54) is 38.5 Å². The minimum Gasteiger partial charge on any atom is -0.480 e. The number of carboxylic acids is 1. The summed E-state index contributed by atoms with van der Waals surface area (Å²) in [6.07, 6.45) is 9.77. The number of hydrogen-bond donors (Lipinski definition) is 2. The summed E-state index contributed by atoms with van der Waals surface area (Å²) >= 11 is 0. The van der Waals surface area contributed by atoms with Gasteiger partial charge in [0, 0.05) is 0 Å². The number of carboxylic acid groups (broad SMARTS) is 1. The number of benzene rings is 1. The predicted molar refractivity (Wildman–Crippen MR) is 85.4 cm³/mol. The quantitative estimate of drug-likeness (QED) is 0.718. The molecule has 0 spiro atoms. The Bertz CT molecular complexity index is 412. The highest BCUT2D eigenvalue weighted by Gasteiger charge is 2.17. The van der Waals surface area contributed by atoms with Crippen molar-refractivity contribution in [3.05, 3.63) is 35.9 Å². The van der Waals surface area contributed by atoms with E-state index in [-0.39, 0.29) is 0 Å². The molecule has 2 rings (SSSR count). The van der Waals surface area contributed by atoms with E-state index in [0.29, 0.717) is 6.42 Å². The van der Waals surface area contributed by atoms with Gasteiger partial charge in [-0.1, -0.05) is 62.4 Å². The fourth-order valence-corrected chi connectivity index (χ4v) is 3.24. The summed E-state index contributed by atoms with van der Waals surface area (Å²) in [5, 5.41) is 12.5. The van der Waals surface area contributed by atoms with Crippen molar-refractivity contribution in [2.24, 2.45) is 5.92 Å². The van der Waals surface area contributed by atoms with E-state index in [4.69, 9.17) is 0 Å². The van der Waals surface area contributed by atoms with Gasteiger partial charge in [0.05, 0.1) is 0 Å². The van der Waals surface area contributed by atoms with E-state index in [2.05, 4.69) is 5.32 Å². The van der Waals surface area contributed by atoms with Gasteiger partial charge in [0.2, 0.25) is 0 Å². The van der Waals surface area contributed by atoms with Crippen LogP contribution in [0.5, 0.6) is 0 Å². The molecular formula is C18H27NO2. The molecule has 0 aromatic heterocycles. The summed E-state index contributed by atoms with van der Waals surface area (Å²) in [7, 11) is 0. The molecule has 0 unspecified atom stereocenters. The van der Waals surface area contributed by atoms with Gasteiger partial charge in [0.1, 0.15) is 6.04 Å². The van der Waals surface area contributed by atoms with Crippen LogP contribution in [0.25, 0.3) is 0 Å². The summed E-state index contributed by atoms with van der Waals surface area (Å²) in [4.78, 5) is 11.3. The SMILES string of the molecule is O=C(O)[C@H](Cc1ccccc1)NCCCC1CCCCC1. The van der Waals surface area contributed by atoms with E-state index >= 15 is 0 Å². The maximum Gasteiger partial charge on any atom is 0.321 e. The molecule has 1 saturated carbocycles. The van der Waals surface area contributed by atoms with Crippen LogP contribution in [0.15, 0.2) is 30.3 Å². The molecule has 0 amide bonds. The van der Waals surface area contributed by atoms with Gasteiger partial charge in [-0.25, -0.2) is 0 Å². The second-order valence-electron chi connectivity index (χ2n) is 6.18. The van der Waals surface area contributed by atoms with E-state index in [1.807, 2.05) is 30.3 Å². The first-order chi connectivity index (χ1) is 10.3.